The zero-order valence-corrected chi connectivity index (χ0v) is 10.9. The quantitative estimate of drug-likeness (QED) is 0.739. The van der Waals surface area contributed by atoms with E-state index in [2.05, 4.69) is 15.6 Å². The van der Waals surface area contributed by atoms with Gasteiger partial charge in [-0.2, -0.15) is 0 Å². The van der Waals surface area contributed by atoms with E-state index in [9.17, 15) is 9.59 Å². The topological polar surface area (TPSA) is 74.3 Å². The average Bonchev–Trinajstić information content (AvgIpc) is 2.33. The summed E-state index contributed by atoms with van der Waals surface area (Å²) in [5.41, 5.74) is 1.20. The van der Waals surface area contributed by atoms with E-state index in [1.807, 2.05) is 0 Å². The summed E-state index contributed by atoms with van der Waals surface area (Å²) in [5, 5.41) is 5.79. The first-order valence-corrected chi connectivity index (χ1v) is 5.66. The van der Waals surface area contributed by atoms with Crippen LogP contribution in [0.5, 0.6) is 0 Å². The van der Waals surface area contributed by atoms with E-state index in [0.29, 0.717) is 18.8 Å². The molecule has 0 spiro atoms. The maximum atomic E-state index is 11.7. The van der Waals surface area contributed by atoms with Gasteiger partial charge in [-0.15, -0.1) is 0 Å². The highest BCUT2D eigenvalue weighted by Crippen LogP contribution is 2.08. The average molecular weight is 250 g/mol. The van der Waals surface area contributed by atoms with Crippen LogP contribution in [0.25, 0.3) is 0 Å². The monoisotopic (exact) mass is 250 g/mol. The second kappa shape index (κ2) is 6.58. The van der Waals surface area contributed by atoms with Crippen LogP contribution in [-0.2, 0) is 4.79 Å². The number of pyridine rings is 1. The fourth-order valence-corrected chi connectivity index (χ4v) is 1.33. The Hall–Kier alpha value is -2.11. The van der Waals surface area contributed by atoms with Crippen molar-refractivity contribution >= 4 is 17.5 Å². The first-order chi connectivity index (χ1) is 8.50. The van der Waals surface area contributed by atoms with Gasteiger partial charge in [0.25, 0.3) is 5.91 Å². The molecule has 0 aromatic carbocycles. The Morgan fingerprint density at radius 3 is 2.67 bits per heavy atom. The van der Waals surface area contributed by atoms with Crippen LogP contribution in [0.4, 0.5) is 5.69 Å². The van der Waals surface area contributed by atoms with Crippen LogP contribution < -0.4 is 10.6 Å². The highest BCUT2D eigenvalue weighted by molar-refractivity contribution is 5.92. The summed E-state index contributed by atoms with van der Waals surface area (Å²) in [7, 11) is 3.36. The Kier molecular flexibility index (Phi) is 5.10. The van der Waals surface area contributed by atoms with Gasteiger partial charge in [0.2, 0.25) is 5.91 Å². The summed E-state index contributed by atoms with van der Waals surface area (Å²) in [4.78, 5) is 27.9. The molecule has 1 aromatic heterocycles. The van der Waals surface area contributed by atoms with Crippen LogP contribution >= 0.6 is 0 Å². The molecule has 0 fully saturated rings. The predicted octanol–water partition coefficient (Wildman–Crippen LogP) is 0.331. The van der Waals surface area contributed by atoms with Crippen molar-refractivity contribution in [1.29, 1.82) is 0 Å². The number of hydrogen-bond donors (Lipinski definition) is 2. The third-order valence-corrected chi connectivity index (χ3v) is 2.21. The van der Waals surface area contributed by atoms with Gasteiger partial charge in [-0.1, -0.05) is 0 Å². The maximum absolute atomic E-state index is 11.7. The van der Waals surface area contributed by atoms with E-state index >= 15 is 0 Å². The Morgan fingerprint density at radius 2 is 2.06 bits per heavy atom. The lowest BCUT2D eigenvalue weighted by molar-refractivity contribution is -0.118. The lowest BCUT2D eigenvalue weighted by Crippen LogP contribution is -2.26. The molecule has 0 unspecified atom stereocenters. The Morgan fingerprint density at radius 1 is 1.33 bits per heavy atom. The fraction of sp³-hybridized carbons (Fsp3) is 0.417. The molecule has 0 bridgehead atoms. The lowest BCUT2D eigenvalue weighted by atomic mass is 10.3. The molecule has 6 heteroatoms. The summed E-state index contributed by atoms with van der Waals surface area (Å²) < 4.78 is 0. The number of nitrogens with zero attached hydrogens (tertiary/aromatic N) is 2. The van der Waals surface area contributed by atoms with Gasteiger partial charge in [0.05, 0.1) is 0 Å². The molecule has 0 saturated heterocycles. The van der Waals surface area contributed by atoms with Crippen molar-refractivity contribution in [3.05, 3.63) is 24.0 Å². The smallest absolute Gasteiger partial charge is 0.272 e. The highest BCUT2D eigenvalue weighted by atomic mass is 16.2. The van der Waals surface area contributed by atoms with Crippen LogP contribution in [0.15, 0.2) is 18.3 Å². The minimum Gasteiger partial charge on any atom is -0.383 e. The van der Waals surface area contributed by atoms with Gasteiger partial charge < -0.3 is 15.5 Å². The Labute approximate surface area is 106 Å². The lowest BCUT2D eigenvalue weighted by Gasteiger charge is -2.11. The van der Waals surface area contributed by atoms with Gasteiger partial charge >= 0.3 is 0 Å². The van der Waals surface area contributed by atoms with E-state index in [1.165, 1.54) is 11.8 Å². The summed E-state index contributed by atoms with van der Waals surface area (Å²) in [5.74, 6) is -0.199. The Balaban J connectivity index is 2.54. The molecule has 0 saturated carbocycles. The van der Waals surface area contributed by atoms with Gasteiger partial charge in [-0.25, -0.2) is 0 Å². The zero-order chi connectivity index (χ0) is 13.5. The zero-order valence-electron chi connectivity index (χ0n) is 10.9. The van der Waals surface area contributed by atoms with Crippen molar-refractivity contribution in [3.63, 3.8) is 0 Å². The minimum absolute atomic E-state index is 0.0602. The number of hydrogen-bond acceptors (Lipinski definition) is 4. The van der Waals surface area contributed by atoms with Crippen molar-refractivity contribution in [2.45, 2.75) is 6.92 Å². The van der Waals surface area contributed by atoms with E-state index in [0.717, 1.165) is 5.69 Å². The maximum Gasteiger partial charge on any atom is 0.272 e. The van der Waals surface area contributed by atoms with Crippen molar-refractivity contribution in [2.75, 3.05) is 32.5 Å². The summed E-state index contributed by atoms with van der Waals surface area (Å²) in [6, 6.07) is 3.47. The number of anilines is 1. The van der Waals surface area contributed by atoms with Gasteiger partial charge in [0, 0.05) is 46.0 Å². The summed E-state index contributed by atoms with van der Waals surface area (Å²) in [6.45, 7) is 2.61. The molecule has 1 heterocycles. The molecule has 98 valence electrons. The van der Waals surface area contributed by atoms with E-state index in [4.69, 9.17) is 0 Å². The predicted molar refractivity (Wildman–Crippen MR) is 69.4 cm³/mol. The Bertz CT molecular complexity index is 432. The first kappa shape index (κ1) is 14.0. The molecule has 0 aliphatic carbocycles. The molecule has 0 radical (unpaired) electrons. The van der Waals surface area contributed by atoms with E-state index in [1.54, 1.807) is 32.4 Å². The third kappa shape index (κ3) is 4.40. The van der Waals surface area contributed by atoms with Crippen molar-refractivity contribution in [3.8, 4) is 0 Å². The number of aromatic nitrogens is 1. The highest BCUT2D eigenvalue weighted by Gasteiger charge is 2.09. The second-order valence-corrected chi connectivity index (χ2v) is 4.04. The molecular weight excluding hydrogens is 232 g/mol. The molecule has 2 amide bonds. The standard InChI is InChI=1S/C12H18N4O2/c1-9(17)13-6-7-14-10-4-5-15-11(8-10)12(18)16(2)3/h4-5,8H,6-7H2,1-3H3,(H,13,17)(H,14,15). The molecule has 2 N–H and O–H groups in total. The van der Waals surface area contributed by atoms with Gasteiger partial charge in [-0.05, 0) is 12.1 Å². The normalized spacial score (nSPS) is 9.72. The number of rotatable bonds is 5. The first-order valence-electron chi connectivity index (χ1n) is 5.66. The van der Waals surface area contributed by atoms with Crippen LogP contribution in [0, 0.1) is 0 Å². The second-order valence-electron chi connectivity index (χ2n) is 4.04. The summed E-state index contributed by atoms with van der Waals surface area (Å²) >= 11 is 0. The van der Waals surface area contributed by atoms with Crippen molar-refractivity contribution < 1.29 is 9.59 Å². The summed E-state index contributed by atoms with van der Waals surface area (Å²) in [6.07, 6.45) is 1.58. The molecule has 18 heavy (non-hydrogen) atoms. The largest absolute Gasteiger partial charge is 0.383 e. The van der Waals surface area contributed by atoms with E-state index in [-0.39, 0.29) is 11.8 Å². The van der Waals surface area contributed by atoms with Gasteiger partial charge in [-0.3, -0.25) is 14.6 Å². The molecule has 1 rings (SSSR count). The van der Waals surface area contributed by atoms with Gasteiger partial charge in [0.15, 0.2) is 0 Å². The molecule has 0 aliphatic rings. The van der Waals surface area contributed by atoms with Crippen molar-refractivity contribution in [1.82, 2.24) is 15.2 Å². The third-order valence-electron chi connectivity index (χ3n) is 2.21. The van der Waals surface area contributed by atoms with E-state index < -0.39 is 0 Å². The van der Waals surface area contributed by atoms with Crippen LogP contribution in [0.2, 0.25) is 0 Å². The van der Waals surface area contributed by atoms with Crippen LogP contribution in [0.3, 0.4) is 0 Å². The molecule has 0 aliphatic heterocycles. The number of carbonyl (C=O) groups excluding carboxylic acids is 2. The van der Waals surface area contributed by atoms with Crippen LogP contribution in [0.1, 0.15) is 17.4 Å². The molecule has 1 aromatic rings. The number of carbonyl (C=O) groups is 2. The SMILES string of the molecule is CC(=O)NCCNc1ccnc(C(=O)N(C)C)c1. The fourth-order valence-electron chi connectivity index (χ4n) is 1.33. The number of amides is 2. The van der Waals surface area contributed by atoms with Crippen molar-refractivity contribution in [2.24, 2.45) is 0 Å². The minimum atomic E-state index is -0.138. The number of nitrogens with one attached hydrogen (secondary N) is 2. The van der Waals surface area contributed by atoms with Crippen LogP contribution in [-0.4, -0.2) is 48.9 Å². The molecule has 6 nitrogen and oxygen atoms in total. The van der Waals surface area contributed by atoms with Gasteiger partial charge in [0.1, 0.15) is 5.69 Å². The molecule has 0 atom stereocenters. The molecular formula is C12H18N4O2.